The highest BCUT2D eigenvalue weighted by atomic mass is 19.1. The van der Waals surface area contributed by atoms with Gasteiger partial charge in [-0.15, -0.1) is 0 Å². The first kappa shape index (κ1) is 17.9. The van der Waals surface area contributed by atoms with E-state index in [1.165, 1.54) is 0 Å². The fourth-order valence-corrected chi connectivity index (χ4v) is 3.82. The predicted molar refractivity (Wildman–Crippen MR) is 96.2 cm³/mol. The van der Waals surface area contributed by atoms with Crippen molar-refractivity contribution >= 4 is 22.6 Å². The maximum atomic E-state index is 15.6. The number of nitrogens with two attached hydrogens (primary N) is 1. The lowest BCUT2D eigenvalue weighted by molar-refractivity contribution is 0.0695. The van der Waals surface area contributed by atoms with Crippen LogP contribution in [0, 0.1) is 11.6 Å². The van der Waals surface area contributed by atoms with Crippen molar-refractivity contribution < 1.29 is 18.7 Å². The molecule has 7 nitrogen and oxygen atoms in total. The molecule has 1 aromatic carbocycles. The summed E-state index contributed by atoms with van der Waals surface area (Å²) < 4.78 is 30.9. The molecule has 1 aliphatic heterocycles. The normalized spacial score (nSPS) is 21.5. The van der Waals surface area contributed by atoms with Crippen molar-refractivity contribution in [3.05, 3.63) is 39.2 Å². The van der Waals surface area contributed by atoms with E-state index in [2.05, 4.69) is 10.3 Å². The lowest BCUT2D eigenvalue weighted by atomic mass is 9.95. The van der Waals surface area contributed by atoms with Gasteiger partial charge in [0.2, 0.25) is 5.43 Å². The molecule has 1 unspecified atom stereocenters. The first-order valence-corrected chi connectivity index (χ1v) is 8.82. The van der Waals surface area contributed by atoms with Crippen molar-refractivity contribution in [3.63, 3.8) is 0 Å². The number of halogens is 2. The zero-order chi connectivity index (χ0) is 19.5. The van der Waals surface area contributed by atoms with E-state index >= 15 is 8.78 Å². The third kappa shape index (κ3) is 2.61. The van der Waals surface area contributed by atoms with Gasteiger partial charge in [-0.05, 0) is 19.8 Å². The summed E-state index contributed by atoms with van der Waals surface area (Å²) in [5.74, 6) is -3.24. The number of nitrogens with zero attached hydrogens (tertiary/aromatic N) is 1. The standard InChI is InChI=1S/C18H20F2N4O3/c1-8-6-22-4-5-24(8)15-12(19)11(18(21)2-3-18)10-14(13(15)20)23-7-9(16(10)25)17(26)27/h7-8,22H,2-6,21H2,1H3,(H,23,25)(H,26,27). The highest BCUT2D eigenvalue weighted by molar-refractivity contribution is 5.95. The van der Waals surface area contributed by atoms with Gasteiger partial charge in [-0.2, -0.15) is 0 Å². The lowest BCUT2D eigenvalue weighted by Gasteiger charge is -2.37. The van der Waals surface area contributed by atoms with Gasteiger partial charge < -0.3 is 26.0 Å². The second-order valence-electron chi connectivity index (χ2n) is 7.34. The van der Waals surface area contributed by atoms with Gasteiger partial charge in [0, 0.05) is 43.0 Å². The molecule has 9 heteroatoms. The number of carboxylic acid groups (broad SMARTS) is 1. The molecule has 2 fully saturated rings. The Bertz CT molecular complexity index is 1020. The average Bonchev–Trinajstić information content (AvgIpc) is 3.35. The Morgan fingerprint density at radius 3 is 2.67 bits per heavy atom. The number of aromatic amines is 1. The molecule has 1 saturated carbocycles. The SMILES string of the molecule is CC1CNCCN1c1c(F)c(C2(N)CC2)c2c(=O)c(C(=O)O)c[nH]c2c1F. The molecule has 4 rings (SSSR count). The fraction of sp³-hybridized carbons (Fsp3) is 0.444. The van der Waals surface area contributed by atoms with E-state index < -0.39 is 34.1 Å². The Morgan fingerprint density at radius 1 is 1.37 bits per heavy atom. The molecule has 2 aliphatic rings. The predicted octanol–water partition coefficient (Wildman–Crippen LogP) is 1.25. The second kappa shape index (κ2) is 6.00. The molecule has 0 spiro atoms. The third-order valence-corrected chi connectivity index (χ3v) is 5.49. The van der Waals surface area contributed by atoms with Gasteiger partial charge in [-0.1, -0.05) is 0 Å². The first-order chi connectivity index (χ1) is 12.8. The van der Waals surface area contributed by atoms with Crippen LogP contribution in [0.25, 0.3) is 10.9 Å². The zero-order valence-electron chi connectivity index (χ0n) is 14.7. The molecule has 5 N–H and O–H groups in total. The Balaban J connectivity index is 2.09. The molecule has 1 atom stereocenters. The van der Waals surface area contributed by atoms with Gasteiger partial charge >= 0.3 is 5.97 Å². The Kier molecular flexibility index (Phi) is 3.97. The summed E-state index contributed by atoms with van der Waals surface area (Å²) in [7, 11) is 0. The summed E-state index contributed by atoms with van der Waals surface area (Å²) in [6.07, 6.45) is 1.83. The van der Waals surface area contributed by atoms with E-state index in [4.69, 9.17) is 5.73 Å². The summed E-state index contributed by atoms with van der Waals surface area (Å²) in [5.41, 5.74) is 3.10. The molecule has 27 heavy (non-hydrogen) atoms. The number of nitrogens with one attached hydrogen (secondary N) is 2. The highest BCUT2D eigenvalue weighted by Crippen LogP contribution is 2.48. The number of benzene rings is 1. The lowest BCUT2D eigenvalue weighted by Crippen LogP contribution is -2.50. The fourth-order valence-electron chi connectivity index (χ4n) is 3.82. The van der Waals surface area contributed by atoms with Gasteiger partial charge in [-0.25, -0.2) is 13.6 Å². The number of carbonyl (C=O) groups is 1. The van der Waals surface area contributed by atoms with Crippen LogP contribution in [0.4, 0.5) is 14.5 Å². The summed E-state index contributed by atoms with van der Waals surface area (Å²) >= 11 is 0. The minimum Gasteiger partial charge on any atom is -0.477 e. The molecular formula is C18H20F2N4O3. The van der Waals surface area contributed by atoms with Crippen molar-refractivity contribution in [2.45, 2.75) is 31.3 Å². The van der Waals surface area contributed by atoms with E-state index in [1.807, 2.05) is 6.92 Å². The van der Waals surface area contributed by atoms with Crippen molar-refractivity contribution in [2.24, 2.45) is 5.73 Å². The van der Waals surface area contributed by atoms with Gasteiger partial charge in [0.05, 0.1) is 10.9 Å². The van der Waals surface area contributed by atoms with Crippen LogP contribution in [0.15, 0.2) is 11.0 Å². The Labute approximate surface area is 153 Å². The molecular weight excluding hydrogens is 358 g/mol. The number of aromatic nitrogens is 1. The summed E-state index contributed by atoms with van der Waals surface area (Å²) in [6.45, 7) is 3.38. The minimum absolute atomic E-state index is 0.0935. The number of hydrogen-bond donors (Lipinski definition) is 4. The van der Waals surface area contributed by atoms with Crippen LogP contribution in [0.3, 0.4) is 0 Å². The molecule has 2 aromatic rings. The number of rotatable bonds is 3. The van der Waals surface area contributed by atoms with Crippen LogP contribution in [0.1, 0.15) is 35.7 Å². The zero-order valence-corrected chi connectivity index (χ0v) is 14.7. The van der Waals surface area contributed by atoms with Crippen LogP contribution < -0.4 is 21.4 Å². The number of aromatic carboxylic acids is 1. The molecule has 2 heterocycles. The van der Waals surface area contributed by atoms with Crippen molar-refractivity contribution in [1.82, 2.24) is 10.3 Å². The second-order valence-corrected chi connectivity index (χ2v) is 7.34. The maximum absolute atomic E-state index is 15.6. The van der Waals surface area contributed by atoms with E-state index in [1.54, 1.807) is 4.90 Å². The Hall–Kier alpha value is -2.52. The number of carboxylic acids is 1. The maximum Gasteiger partial charge on any atom is 0.341 e. The molecule has 1 aliphatic carbocycles. The monoisotopic (exact) mass is 378 g/mol. The summed E-state index contributed by atoms with van der Waals surface area (Å²) in [6, 6.07) is -0.161. The molecule has 144 valence electrons. The van der Waals surface area contributed by atoms with Crippen LogP contribution in [0.5, 0.6) is 0 Å². The molecule has 1 saturated heterocycles. The topological polar surface area (TPSA) is 111 Å². The van der Waals surface area contributed by atoms with Gasteiger partial charge in [0.1, 0.15) is 11.3 Å². The number of anilines is 1. The summed E-state index contributed by atoms with van der Waals surface area (Å²) in [5, 5.41) is 12.1. The van der Waals surface area contributed by atoms with Crippen molar-refractivity contribution in [3.8, 4) is 0 Å². The van der Waals surface area contributed by atoms with Crippen LogP contribution in [-0.2, 0) is 5.54 Å². The van der Waals surface area contributed by atoms with Gasteiger partial charge in [0.15, 0.2) is 11.6 Å². The molecule has 0 radical (unpaired) electrons. The molecule has 1 aromatic heterocycles. The van der Waals surface area contributed by atoms with E-state index in [-0.39, 0.29) is 28.2 Å². The Morgan fingerprint density at radius 2 is 2.07 bits per heavy atom. The van der Waals surface area contributed by atoms with Crippen LogP contribution in [-0.4, -0.2) is 41.7 Å². The third-order valence-electron chi connectivity index (χ3n) is 5.49. The van der Waals surface area contributed by atoms with E-state index in [0.29, 0.717) is 32.5 Å². The van der Waals surface area contributed by atoms with Crippen LogP contribution in [0.2, 0.25) is 0 Å². The minimum atomic E-state index is -1.47. The number of hydrogen-bond acceptors (Lipinski definition) is 5. The number of pyridine rings is 1. The number of H-pyrrole nitrogens is 1. The summed E-state index contributed by atoms with van der Waals surface area (Å²) in [4.78, 5) is 28.2. The van der Waals surface area contributed by atoms with Crippen molar-refractivity contribution in [1.29, 1.82) is 0 Å². The molecule has 0 amide bonds. The first-order valence-electron chi connectivity index (χ1n) is 8.82. The highest BCUT2D eigenvalue weighted by Gasteiger charge is 2.46. The smallest absolute Gasteiger partial charge is 0.341 e. The van der Waals surface area contributed by atoms with Crippen molar-refractivity contribution in [2.75, 3.05) is 24.5 Å². The quantitative estimate of drug-likeness (QED) is 0.640. The van der Waals surface area contributed by atoms with Gasteiger partial charge in [0.25, 0.3) is 0 Å². The largest absolute Gasteiger partial charge is 0.477 e. The van der Waals surface area contributed by atoms with Crippen LogP contribution >= 0.6 is 0 Å². The van der Waals surface area contributed by atoms with E-state index in [0.717, 1.165) is 6.20 Å². The van der Waals surface area contributed by atoms with Gasteiger partial charge in [-0.3, -0.25) is 4.79 Å². The van der Waals surface area contributed by atoms with E-state index in [9.17, 15) is 14.7 Å². The average molecular weight is 378 g/mol. The number of piperazine rings is 1. The number of fused-ring (bicyclic) bond motifs is 1. The molecule has 0 bridgehead atoms.